The van der Waals surface area contributed by atoms with Gasteiger partial charge in [0.05, 0.1) is 12.2 Å². The summed E-state index contributed by atoms with van der Waals surface area (Å²) in [6.07, 6.45) is 3.83. The van der Waals surface area contributed by atoms with E-state index in [1.807, 2.05) is 39.1 Å². The van der Waals surface area contributed by atoms with E-state index in [9.17, 15) is 4.79 Å². The van der Waals surface area contributed by atoms with Crippen LogP contribution < -0.4 is 10.1 Å². The second-order valence-electron chi connectivity index (χ2n) is 8.31. The lowest BCUT2D eigenvalue weighted by Crippen LogP contribution is -2.52. The van der Waals surface area contributed by atoms with E-state index in [0.29, 0.717) is 6.61 Å². The number of hydrogen-bond donors (Lipinski definition) is 1. The van der Waals surface area contributed by atoms with Crippen molar-refractivity contribution >= 4 is 16.8 Å². The van der Waals surface area contributed by atoms with E-state index in [4.69, 9.17) is 4.74 Å². The lowest BCUT2D eigenvalue weighted by molar-refractivity contribution is 0.0879. The number of aryl methyl sites for hydroxylation is 1. The topological polar surface area (TPSA) is 46.5 Å². The number of benzene rings is 1. The van der Waals surface area contributed by atoms with Crippen LogP contribution in [0.3, 0.4) is 0 Å². The molecule has 2 aromatic rings. The summed E-state index contributed by atoms with van der Waals surface area (Å²) in [6.45, 7) is 12.0. The SMILES string of the molecule is CCOc1ccc2c(c1)c(C(=O)NC(C)(C)CN1CCCCC1)c(C)n2C. The molecule has 0 spiro atoms. The number of nitrogens with one attached hydrogen (secondary N) is 1. The molecule has 0 aliphatic carbocycles. The van der Waals surface area contributed by atoms with Gasteiger partial charge in [0.25, 0.3) is 5.91 Å². The zero-order valence-electron chi connectivity index (χ0n) is 17.4. The van der Waals surface area contributed by atoms with Gasteiger partial charge >= 0.3 is 0 Å². The van der Waals surface area contributed by atoms with Gasteiger partial charge in [0.15, 0.2) is 0 Å². The molecule has 0 bridgehead atoms. The van der Waals surface area contributed by atoms with E-state index in [1.165, 1.54) is 19.3 Å². The number of amides is 1. The van der Waals surface area contributed by atoms with E-state index in [-0.39, 0.29) is 11.4 Å². The van der Waals surface area contributed by atoms with Gasteiger partial charge in [-0.3, -0.25) is 4.79 Å². The van der Waals surface area contributed by atoms with Crippen LogP contribution in [0.25, 0.3) is 10.9 Å². The summed E-state index contributed by atoms with van der Waals surface area (Å²) in [7, 11) is 2.01. The maximum Gasteiger partial charge on any atom is 0.254 e. The standard InChI is InChI=1S/C22H33N3O2/c1-6-27-17-10-11-19-18(14-17)20(16(2)24(19)5)21(26)23-22(3,4)15-25-12-8-7-9-13-25/h10-11,14H,6-9,12-13,15H2,1-5H3,(H,23,26). The highest BCUT2D eigenvalue weighted by Gasteiger charge is 2.28. The maximum absolute atomic E-state index is 13.2. The lowest BCUT2D eigenvalue weighted by atomic mass is 10.0. The molecule has 0 atom stereocenters. The Bertz CT molecular complexity index is 817. The van der Waals surface area contributed by atoms with Crippen molar-refractivity contribution < 1.29 is 9.53 Å². The summed E-state index contributed by atoms with van der Waals surface area (Å²) in [5, 5.41) is 4.23. The highest BCUT2D eigenvalue weighted by atomic mass is 16.5. The molecule has 148 valence electrons. The molecule has 2 heterocycles. The number of fused-ring (bicyclic) bond motifs is 1. The fraction of sp³-hybridized carbons (Fsp3) is 0.591. The van der Waals surface area contributed by atoms with Gasteiger partial charge in [-0.1, -0.05) is 6.42 Å². The Labute approximate surface area is 162 Å². The zero-order chi connectivity index (χ0) is 19.6. The molecule has 1 aromatic carbocycles. The van der Waals surface area contributed by atoms with Crippen molar-refractivity contribution in [2.45, 2.75) is 52.5 Å². The van der Waals surface area contributed by atoms with Crippen molar-refractivity contribution in [1.82, 2.24) is 14.8 Å². The summed E-state index contributed by atoms with van der Waals surface area (Å²) >= 11 is 0. The molecule has 1 fully saturated rings. The molecule has 5 heteroatoms. The number of ether oxygens (including phenoxy) is 1. The molecule has 1 saturated heterocycles. The van der Waals surface area contributed by atoms with Gasteiger partial charge in [0, 0.05) is 35.7 Å². The lowest BCUT2D eigenvalue weighted by Gasteiger charge is -2.35. The number of nitrogens with zero attached hydrogens (tertiary/aromatic N) is 2. The second-order valence-corrected chi connectivity index (χ2v) is 8.31. The molecule has 0 radical (unpaired) electrons. The molecular formula is C22H33N3O2. The summed E-state index contributed by atoms with van der Waals surface area (Å²) < 4.78 is 7.73. The first-order valence-electron chi connectivity index (χ1n) is 10.1. The largest absolute Gasteiger partial charge is 0.494 e. The number of aromatic nitrogens is 1. The van der Waals surface area contributed by atoms with Crippen molar-refractivity contribution in [1.29, 1.82) is 0 Å². The first-order valence-corrected chi connectivity index (χ1v) is 10.1. The highest BCUT2D eigenvalue weighted by molar-refractivity contribution is 6.09. The monoisotopic (exact) mass is 371 g/mol. The molecular weight excluding hydrogens is 338 g/mol. The van der Waals surface area contributed by atoms with E-state index in [0.717, 1.165) is 47.5 Å². The van der Waals surface area contributed by atoms with Crippen LogP contribution >= 0.6 is 0 Å². The molecule has 5 nitrogen and oxygen atoms in total. The van der Waals surface area contributed by atoms with E-state index in [2.05, 4.69) is 28.6 Å². The molecule has 3 rings (SSSR count). The van der Waals surface area contributed by atoms with Crippen LogP contribution in [0.4, 0.5) is 0 Å². The average Bonchev–Trinajstić information content (AvgIpc) is 2.86. The zero-order valence-corrected chi connectivity index (χ0v) is 17.4. The predicted octanol–water partition coefficient (Wildman–Crippen LogP) is 3.88. The molecule has 1 N–H and O–H groups in total. The quantitative estimate of drug-likeness (QED) is 0.838. The third-order valence-electron chi connectivity index (χ3n) is 5.52. The number of hydrogen-bond acceptors (Lipinski definition) is 3. The number of rotatable bonds is 6. The molecule has 0 unspecified atom stereocenters. The van der Waals surface area contributed by atoms with Crippen LogP contribution in [-0.4, -0.2) is 47.2 Å². The van der Waals surface area contributed by atoms with Gasteiger partial charge in [-0.25, -0.2) is 0 Å². The number of carbonyl (C=O) groups is 1. The van der Waals surface area contributed by atoms with Crippen molar-refractivity contribution in [2.24, 2.45) is 7.05 Å². The molecule has 1 amide bonds. The average molecular weight is 372 g/mol. The Balaban J connectivity index is 1.85. The minimum absolute atomic E-state index is 0.00578. The van der Waals surface area contributed by atoms with Gasteiger partial charge in [0.1, 0.15) is 5.75 Å². The number of carbonyl (C=O) groups excluding carboxylic acids is 1. The van der Waals surface area contributed by atoms with Crippen LogP contribution in [-0.2, 0) is 7.05 Å². The Morgan fingerprint density at radius 2 is 1.93 bits per heavy atom. The van der Waals surface area contributed by atoms with Crippen molar-refractivity contribution in [3.63, 3.8) is 0 Å². The number of piperidine rings is 1. The third-order valence-corrected chi connectivity index (χ3v) is 5.52. The number of likely N-dealkylation sites (tertiary alicyclic amines) is 1. The second kappa shape index (κ2) is 7.93. The van der Waals surface area contributed by atoms with Gasteiger partial charge in [-0.2, -0.15) is 0 Å². The first kappa shape index (κ1) is 19.7. The van der Waals surface area contributed by atoms with Crippen molar-refractivity contribution in [2.75, 3.05) is 26.2 Å². The molecule has 0 saturated carbocycles. The maximum atomic E-state index is 13.2. The molecule has 1 aliphatic rings. The first-order chi connectivity index (χ1) is 12.8. The van der Waals surface area contributed by atoms with E-state index < -0.39 is 0 Å². The van der Waals surface area contributed by atoms with Crippen molar-refractivity contribution in [3.8, 4) is 5.75 Å². The Morgan fingerprint density at radius 1 is 1.22 bits per heavy atom. The van der Waals surface area contributed by atoms with Crippen molar-refractivity contribution in [3.05, 3.63) is 29.5 Å². The summed E-state index contributed by atoms with van der Waals surface area (Å²) in [4.78, 5) is 15.7. The van der Waals surface area contributed by atoms with Gasteiger partial charge in [-0.05, 0) is 71.8 Å². The van der Waals surface area contributed by atoms with Gasteiger partial charge < -0.3 is 19.5 Å². The van der Waals surface area contributed by atoms with Gasteiger partial charge in [-0.15, -0.1) is 0 Å². The fourth-order valence-corrected chi connectivity index (χ4v) is 4.18. The Kier molecular flexibility index (Phi) is 5.80. The third kappa shape index (κ3) is 4.29. The fourth-order valence-electron chi connectivity index (χ4n) is 4.18. The summed E-state index contributed by atoms with van der Waals surface area (Å²) in [5.74, 6) is 0.797. The van der Waals surface area contributed by atoms with E-state index in [1.54, 1.807) is 0 Å². The Morgan fingerprint density at radius 3 is 2.59 bits per heavy atom. The smallest absolute Gasteiger partial charge is 0.254 e. The minimum atomic E-state index is -0.277. The minimum Gasteiger partial charge on any atom is -0.494 e. The summed E-state index contributed by atoms with van der Waals surface area (Å²) in [6, 6.07) is 5.98. The van der Waals surface area contributed by atoms with Crippen LogP contribution in [0.15, 0.2) is 18.2 Å². The molecule has 1 aromatic heterocycles. The normalized spacial score (nSPS) is 15.9. The molecule has 1 aliphatic heterocycles. The Hall–Kier alpha value is -2.01. The van der Waals surface area contributed by atoms with Crippen LogP contribution in [0.1, 0.15) is 56.1 Å². The van der Waals surface area contributed by atoms with Crippen LogP contribution in [0.2, 0.25) is 0 Å². The van der Waals surface area contributed by atoms with E-state index >= 15 is 0 Å². The summed E-state index contributed by atoms with van der Waals surface area (Å²) in [5.41, 5.74) is 2.50. The highest BCUT2D eigenvalue weighted by Crippen LogP contribution is 2.29. The van der Waals surface area contributed by atoms with Crippen LogP contribution in [0, 0.1) is 6.92 Å². The van der Waals surface area contributed by atoms with Crippen LogP contribution in [0.5, 0.6) is 5.75 Å². The molecule has 27 heavy (non-hydrogen) atoms. The predicted molar refractivity (Wildman–Crippen MR) is 111 cm³/mol. The van der Waals surface area contributed by atoms with Gasteiger partial charge in [0.2, 0.25) is 0 Å².